The van der Waals surface area contributed by atoms with E-state index in [4.69, 9.17) is 4.74 Å². The van der Waals surface area contributed by atoms with Gasteiger partial charge in [-0.2, -0.15) is 0 Å². The van der Waals surface area contributed by atoms with Gasteiger partial charge in [0.15, 0.2) is 0 Å². The second-order valence-corrected chi connectivity index (χ2v) is 7.06. The van der Waals surface area contributed by atoms with Gasteiger partial charge in [-0.25, -0.2) is 4.98 Å². The molecule has 0 bridgehead atoms. The molecule has 4 nitrogen and oxygen atoms in total. The summed E-state index contributed by atoms with van der Waals surface area (Å²) in [7, 11) is 0. The van der Waals surface area contributed by atoms with Crippen molar-refractivity contribution >= 4 is 17.2 Å². The van der Waals surface area contributed by atoms with Crippen LogP contribution in [-0.4, -0.2) is 22.3 Å². The van der Waals surface area contributed by atoms with Gasteiger partial charge in [-0.1, -0.05) is 18.2 Å². The zero-order valence-electron chi connectivity index (χ0n) is 13.9. The number of hydrogen-bond donors (Lipinski definition) is 0. The number of aromatic nitrogens is 1. The Hall–Kier alpha value is -2.14. The maximum absolute atomic E-state index is 12.3. The van der Waals surface area contributed by atoms with E-state index in [2.05, 4.69) is 11.6 Å². The second-order valence-electron chi connectivity index (χ2n) is 6.12. The fourth-order valence-electron chi connectivity index (χ4n) is 2.51. The first-order chi connectivity index (χ1) is 11.7. The monoisotopic (exact) mass is 342 g/mol. The molecule has 0 atom stereocenters. The average Bonchev–Trinajstić information content (AvgIpc) is 3.32. The van der Waals surface area contributed by atoms with Gasteiger partial charge in [-0.15, -0.1) is 17.9 Å². The van der Waals surface area contributed by atoms with Gasteiger partial charge in [0.05, 0.1) is 12.2 Å². The minimum atomic E-state index is 0.215. The van der Waals surface area contributed by atoms with Crippen LogP contribution >= 0.6 is 11.3 Å². The summed E-state index contributed by atoms with van der Waals surface area (Å²) in [6.45, 7) is 7.35. The summed E-state index contributed by atoms with van der Waals surface area (Å²) < 4.78 is 5.79. The summed E-state index contributed by atoms with van der Waals surface area (Å²) >= 11 is 1.57. The third kappa shape index (κ3) is 4.45. The molecule has 2 aromatic rings. The smallest absolute Gasteiger partial charge is 0.226 e. The van der Waals surface area contributed by atoms with Gasteiger partial charge in [-0.3, -0.25) is 4.79 Å². The van der Waals surface area contributed by atoms with Gasteiger partial charge in [0, 0.05) is 17.8 Å². The van der Waals surface area contributed by atoms with Crippen molar-refractivity contribution < 1.29 is 9.53 Å². The Balaban J connectivity index is 1.57. The number of ether oxygens (including phenoxy) is 1. The lowest BCUT2D eigenvalue weighted by molar-refractivity contribution is -0.132. The number of rotatable bonds is 8. The predicted octanol–water partition coefficient (Wildman–Crippen LogP) is 3.96. The first kappa shape index (κ1) is 16.7. The van der Waals surface area contributed by atoms with Crippen molar-refractivity contribution in [1.82, 2.24) is 9.88 Å². The van der Waals surface area contributed by atoms with Crippen molar-refractivity contribution in [2.24, 2.45) is 5.92 Å². The van der Waals surface area contributed by atoms with Crippen LogP contribution in [0.1, 0.15) is 29.1 Å². The lowest BCUT2D eigenvalue weighted by atomic mass is 10.2. The number of hydrogen-bond acceptors (Lipinski definition) is 4. The van der Waals surface area contributed by atoms with Crippen LogP contribution in [0.15, 0.2) is 42.3 Å². The molecular weight excluding hydrogens is 320 g/mol. The van der Waals surface area contributed by atoms with Crippen molar-refractivity contribution in [3.05, 3.63) is 58.6 Å². The van der Waals surface area contributed by atoms with Crippen LogP contribution in [0.25, 0.3) is 0 Å². The third-order valence-corrected chi connectivity index (χ3v) is 4.76. The van der Waals surface area contributed by atoms with E-state index in [1.165, 1.54) is 5.56 Å². The van der Waals surface area contributed by atoms with E-state index in [9.17, 15) is 4.79 Å². The summed E-state index contributed by atoms with van der Waals surface area (Å²) in [4.78, 5) is 18.7. The molecule has 1 aromatic heterocycles. The number of amides is 1. The number of carbonyl (C=O) groups excluding carboxylic acids is 1. The molecule has 1 fully saturated rings. The van der Waals surface area contributed by atoms with Crippen molar-refractivity contribution in [3.63, 3.8) is 0 Å². The molecule has 1 heterocycles. The number of nitrogens with zero attached hydrogens (tertiary/aromatic N) is 2. The zero-order valence-corrected chi connectivity index (χ0v) is 14.7. The molecule has 1 aliphatic rings. The van der Waals surface area contributed by atoms with E-state index in [0.29, 0.717) is 19.7 Å². The summed E-state index contributed by atoms with van der Waals surface area (Å²) in [6, 6.07) is 7.98. The molecule has 5 heteroatoms. The first-order valence-corrected chi connectivity index (χ1v) is 9.06. The van der Waals surface area contributed by atoms with Crippen molar-refractivity contribution in [2.75, 3.05) is 6.54 Å². The Morgan fingerprint density at radius 3 is 3.04 bits per heavy atom. The molecule has 0 spiro atoms. The van der Waals surface area contributed by atoms with E-state index in [0.717, 1.165) is 29.3 Å². The zero-order chi connectivity index (χ0) is 16.9. The molecule has 0 unspecified atom stereocenters. The molecule has 0 N–H and O–H groups in total. The first-order valence-electron chi connectivity index (χ1n) is 8.18. The van der Waals surface area contributed by atoms with Crippen molar-refractivity contribution in [2.45, 2.75) is 32.9 Å². The highest BCUT2D eigenvalue weighted by Gasteiger charge is 2.33. The van der Waals surface area contributed by atoms with E-state index >= 15 is 0 Å². The second kappa shape index (κ2) is 7.62. The standard InChI is InChI=1S/C19H22N2O2S/c1-3-9-21(19(22)15-7-8-15)11-16-13-24-18(20-16)12-23-17-6-4-5-14(2)10-17/h3-6,10,13,15H,1,7-9,11-12H2,2H3. The molecule has 24 heavy (non-hydrogen) atoms. The van der Waals surface area contributed by atoms with E-state index in [1.54, 1.807) is 17.4 Å². The maximum atomic E-state index is 12.3. The molecule has 3 rings (SSSR count). The maximum Gasteiger partial charge on any atom is 0.226 e. The van der Waals surface area contributed by atoms with Gasteiger partial charge in [0.2, 0.25) is 5.91 Å². The van der Waals surface area contributed by atoms with Crippen LogP contribution in [-0.2, 0) is 17.9 Å². The van der Waals surface area contributed by atoms with Gasteiger partial charge < -0.3 is 9.64 Å². The largest absolute Gasteiger partial charge is 0.486 e. The third-order valence-electron chi connectivity index (χ3n) is 3.89. The lowest BCUT2D eigenvalue weighted by Crippen LogP contribution is -2.32. The van der Waals surface area contributed by atoms with Crippen molar-refractivity contribution in [3.8, 4) is 5.75 Å². The quantitative estimate of drug-likeness (QED) is 0.682. The Morgan fingerprint density at radius 1 is 1.50 bits per heavy atom. The molecule has 0 saturated heterocycles. The Labute approximate surface area is 146 Å². The Bertz CT molecular complexity index is 722. The SMILES string of the molecule is C=CCN(Cc1csc(COc2cccc(C)c2)n1)C(=O)C1CC1. The van der Waals surface area contributed by atoms with Gasteiger partial charge >= 0.3 is 0 Å². The fraction of sp³-hybridized carbons (Fsp3) is 0.368. The molecule has 0 aliphatic heterocycles. The van der Waals surface area contributed by atoms with Gasteiger partial charge in [0.1, 0.15) is 17.4 Å². The van der Waals surface area contributed by atoms with Crippen LogP contribution in [0.4, 0.5) is 0 Å². The number of aryl methyl sites for hydroxylation is 1. The topological polar surface area (TPSA) is 42.4 Å². The van der Waals surface area contributed by atoms with E-state index in [-0.39, 0.29) is 11.8 Å². The summed E-state index contributed by atoms with van der Waals surface area (Å²) in [5.41, 5.74) is 2.09. The van der Waals surface area contributed by atoms with Crippen LogP contribution in [0.5, 0.6) is 5.75 Å². The molecule has 1 aliphatic carbocycles. The summed E-state index contributed by atoms with van der Waals surface area (Å²) in [6.07, 6.45) is 3.80. The van der Waals surface area contributed by atoms with Crippen LogP contribution in [0.2, 0.25) is 0 Å². The van der Waals surface area contributed by atoms with E-state index in [1.807, 2.05) is 41.5 Å². The lowest BCUT2D eigenvalue weighted by Gasteiger charge is -2.19. The van der Waals surface area contributed by atoms with E-state index < -0.39 is 0 Å². The number of carbonyl (C=O) groups is 1. The highest BCUT2D eigenvalue weighted by atomic mass is 32.1. The van der Waals surface area contributed by atoms with Gasteiger partial charge in [-0.05, 0) is 37.5 Å². The van der Waals surface area contributed by atoms with Crippen LogP contribution in [0, 0.1) is 12.8 Å². The molecule has 1 amide bonds. The number of benzene rings is 1. The highest BCUT2D eigenvalue weighted by Crippen LogP contribution is 2.31. The highest BCUT2D eigenvalue weighted by molar-refractivity contribution is 7.09. The summed E-state index contributed by atoms with van der Waals surface area (Å²) in [5.74, 6) is 1.29. The number of thiazole rings is 1. The Kier molecular flexibility index (Phi) is 5.30. The minimum absolute atomic E-state index is 0.215. The predicted molar refractivity (Wildman–Crippen MR) is 96.0 cm³/mol. The van der Waals surface area contributed by atoms with Crippen LogP contribution in [0.3, 0.4) is 0 Å². The average molecular weight is 342 g/mol. The molecule has 1 aromatic carbocycles. The summed E-state index contributed by atoms with van der Waals surface area (Å²) in [5, 5.41) is 2.93. The molecule has 126 valence electrons. The van der Waals surface area contributed by atoms with Gasteiger partial charge in [0.25, 0.3) is 0 Å². The molecule has 1 saturated carbocycles. The molecular formula is C19H22N2O2S. The van der Waals surface area contributed by atoms with Crippen LogP contribution < -0.4 is 4.74 Å². The van der Waals surface area contributed by atoms with Crippen molar-refractivity contribution in [1.29, 1.82) is 0 Å². The molecule has 0 radical (unpaired) electrons. The Morgan fingerprint density at radius 2 is 2.33 bits per heavy atom. The fourth-order valence-corrected chi connectivity index (χ4v) is 3.21. The minimum Gasteiger partial charge on any atom is -0.486 e. The normalized spacial score (nSPS) is 13.5.